The monoisotopic (exact) mass is 322 g/mol. The van der Waals surface area contributed by atoms with E-state index in [2.05, 4.69) is 15.9 Å². The maximum atomic E-state index is 12.0. The minimum Gasteiger partial charge on any atom is -0.258 e. The molecule has 0 heterocycles. The summed E-state index contributed by atoms with van der Waals surface area (Å²) in [5.74, 6) is 0. The van der Waals surface area contributed by atoms with Crippen molar-refractivity contribution in [1.82, 2.24) is 4.31 Å². The van der Waals surface area contributed by atoms with E-state index >= 15 is 0 Å². The second-order valence-corrected chi connectivity index (χ2v) is 6.11. The van der Waals surface area contributed by atoms with Gasteiger partial charge in [0.15, 0.2) is 0 Å². The summed E-state index contributed by atoms with van der Waals surface area (Å²) in [6.07, 6.45) is 0. The second-order valence-electron chi connectivity index (χ2n) is 3.27. The zero-order chi connectivity index (χ0) is 13.1. The van der Waals surface area contributed by atoms with Gasteiger partial charge in [0.1, 0.15) is 0 Å². The van der Waals surface area contributed by atoms with Gasteiger partial charge in [0.05, 0.1) is 9.82 Å². The topological polar surface area (TPSA) is 80.5 Å². The fraction of sp³-hybridized carbons (Fsp3) is 0.333. The van der Waals surface area contributed by atoms with Gasteiger partial charge < -0.3 is 0 Å². The van der Waals surface area contributed by atoms with E-state index in [0.717, 1.165) is 10.4 Å². The van der Waals surface area contributed by atoms with Crippen LogP contribution in [0.3, 0.4) is 0 Å². The van der Waals surface area contributed by atoms with Crippen molar-refractivity contribution in [3.63, 3.8) is 0 Å². The molecule has 17 heavy (non-hydrogen) atoms. The van der Waals surface area contributed by atoms with Gasteiger partial charge in [-0.25, -0.2) is 12.7 Å². The van der Waals surface area contributed by atoms with E-state index in [1.54, 1.807) is 0 Å². The molecule has 0 saturated heterocycles. The van der Waals surface area contributed by atoms with E-state index in [9.17, 15) is 18.5 Å². The highest BCUT2D eigenvalue weighted by Gasteiger charge is 2.22. The predicted molar refractivity (Wildman–Crippen MR) is 66.7 cm³/mol. The van der Waals surface area contributed by atoms with Gasteiger partial charge >= 0.3 is 0 Å². The summed E-state index contributed by atoms with van der Waals surface area (Å²) < 4.78 is 25.1. The predicted octanol–water partition coefficient (Wildman–Crippen LogP) is 1.61. The van der Waals surface area contributed by atoms with Crippen LogP contribution in [0.4, 0.5) is 5.69 Å². The number of sulfonamides is 1. The molecule has 0 N–H and O–H groups in total. The first-order chi connectivity index (χ1) is 7.89. The highest BCUT2D eigenvalue weighted by atomic mass is 79.9. The Labute approximate surface area is 108 Å². The molecule has 0 unspecified atom stereocenters. The average molecular weight is 323 g/mol. The first-order valence-corrected chi connectivity index (χ1v) is 7.22. The molecule has 0 aromatic heterocycles. The third-order valence-corrected chi connectivity index (χ3v) is 4.34. The molecule has 0 amide bonds. The van der Waals surface area contributed by atoms with Crippen molar-refractivity contribution in [1.29, 1.82) is 0 Å². The lowest BCUT2D eigenvalue weighted by atomic mass is 10.3. The largest absolute Gasteiger partial charge is 0.270 e. The third kappa shape index (κ3) is 3.24. The summed E-state index contributed by atoms with van der Waals surface area (Å²) in [4.78, 5) is 9.87. The Hall–Kier alpha value is -0.990. The smallest absolute Gasteiger partial charge is 0.258 e. The number of halogens is 1. The maximum Gasteiger partial charge on any atom is 0.270 e. The highest BCUT2D eigenvalue weighted by molar-refractivity contribution is 9.09. The van der Waals surface area contributed by atoms with Crippen molar-refractivity contribution in [3.8, 4) is 0 Å². The molecule has 0 spiro atoms. The van der Waals surface area contributed by atoms with Gasteiger partial charge in [-0.2, -0.15) is 0 Å². The molecule has 0 radical (unpaired) electrons. The highest BCUT2D eigenvalue weighted by Crippen LogP contribution is 2.19. The molecule has 0 aliphatic carbocycles. The summed E-state index contributed by atoms with van der Waals surface area (Å²) >= 11 is 3.14. The van der Waals surface area contributed by atoms with Crippen LogP contribution < -0.4 is 0 Å². The Balaban J connectivity index is 3.15. The lowest BCUT2D eigenvalue weighted by Crippen LogP contribution is -2.28. The van der Waals surface area contributed by atoms with Crippen LogP contribution in [0.1, 0.15) is 0 Å². The van der Waals surface area contributed by atoms with Crippen molar-refractivity contribution >= 4 is 31.6 Å². The summed E-state index contributed by atoms with van der Waals surface area (Å²) in [7, 11) is -2.23. The fourth-order valence-corrected chi connectivity index (χ4v) is 3.16. The van der Waals surface area contributed by atoms with E-state index in [0.29, 0.717) is 11.9 Å². The summed E-state index contributed by atoms with van der Waals surface area (Å²) in [5, 5.41) is 11.1. The Morgan fingerprint density at radius 1 is 1.47 bits per heavy atom. The molecular weight excluding hydrogens is 312 g/mol. The number of rotatable bonds is 5. The van der Waals surface area contributed by atoms with Crippen LogP contribution in [0.25, 0.3) is 0 Å². The number of non-ortho nitro benzene ring substituents is 1. The van der Waals surface area contributed by atoms with Crippen molar-refractivity contribution < 1.29 is 13.3 Å². The number of alkyl halides is 1. The van der Waals surface area contributed by atoms with Crippen molar-refractivity contribution in [3.05, 3.63) is 34.4 Å². The van der Waals surface area contributed by atoms with E-state index in [-0.39, 0.29) is 10.6 Å². The quantitative estimate of drug-likeness (QED) is 0.468. The van der Waals surface area contributed by atoms with Crippen molar-refractivity contribution in [2.45, 2.75) is 4.90 Å². The van der Waals surface area contributed by atoms with Crippen LogP contribution in [-0.4, -0.2) is 36.6 Å². The maximum absolute atomic E-state index is 12.0. The van der Waals surface area contributed by atoms with Crippen molar-refractivity contribution in [2.24, 2.45) is 0 Å². The van der Waals surface area contributed by atoms with Crippen LogP contribution in [0, 0.1) is 10.1 Å². The van der Waals surface area contributed by atoms with E-state index < -0.39 is 14.9 Å². The molecule has 0 aliphatic heterocycles. The van der Waals surface area contributed by atoms with E-state index in [4.69, 9.17) is 0 Å². The Bertz CT molecular complexity index is 517. The molecule has 1 aromatic carbocycles. The summed E-state index contributed by atoms with van der Waals surface area (Å²) in [6, 6.07) is 5.00. The Morgan fingerprint density at radius 2 is 2.12 bits per heavy atom. The van der Waals surface area contributed by atoms with Gasteiger partial charge in [0, 0.05) is 31.1 Å². The molecule has 0 saturated carbocycles. The van der Waals surface area contributed by atoms with E-state index in [1.165, 1.54) is 25.2 Å². The average Bonchev–Trinajstić information content (AvgIpc) is 2.29. The number of hydrogen-bond acceptors (Lipinski definition) is 4. The number of nitro groups is 1. The molecule has 6 nitrogen and oxygen atoms in total. The number of benzene rings is 1. The molecule has 0 aliphatic rings. The minimum atomic E-state index is -3.66. The van der Waals surface area contributed by atoms with E-state index in [1.807, 2.05) is 0 Å². The standard InChI is InChI=1S/C9H11BrN2O4S/c1-11(6-5-10)17(15,16)9-4-2-3-8(7-9)12(13)14/h2-4,7H,5-6H2,1H3. The van der Waals surface area contributed by atoms with Crippen LogP contribution in [0.15, 0.2) is 29.2 Å². The van der Waals surface area contributed by atoms with Crippen molar-refractivity contribution in [2.75, 3.05) is 18.9 Å². The molecule has 0 bridgehead atoms. The number of nitro benzene ring substituents is 1. The molecule has 0 atom stereocenters. The third-order valence-electron chi connectivity index (χ3n) is 2.14. The Kier molecular flexibility index (Phi) is 4.61. The molecule has 94 valence electrons. The minimum absolute atomic E-state index is 0.0739. The van der Waals surface area contributed by atoms with Gasteiger partial charge in [0.2, 0.25) is 10.0 Å². The van der Waals surface area contributed by atoms with Crippen LogP contribution in [-0.2, 0) is 10.0 Å². The zero-order valence-electron chi connectivity index (χ0n) is 9.04. The van der Waals surface area contributed by atoms with Crippen LogP contribution in [0.2, 0.25) is 0 Å². The lowest BCUT2D eigenvalue weighted by molar-refractivity contribution is -0.385. The van der Waals surface area contributed by atoms with Gasteiger partial charge in [-0.05, 0) is 6.07 Å². The van der Waals surface area contributed by atoms with Gasteiger partial charge in [-0.3, -0.25) is 10.1 Å². The van der Waals surface area contributed by atoms with Crippen LogP contribution >= 0.6 is 15.9 Å². The fourth-order valence-electron chi connectivity index (χ4n) is 1.18. The lowest BCUT2D eigenvalue weighted by Gasteiger charge is -2.15. The summed E-state index contributed by atoms with van der Waals surface area (Å²) in [6.45, 7) is 0.297. The second kappa shape index (κ2) is 5.56. The molecule has 8 heteroatoms. The number of hydrogen-bond donors (Lipinski definition) is 0. The normalized spacial score (nSPS) is 11.7. The van der Waals surface area contributed by atoms with Gasteiger partial charge in [-0.15, -0.1) is 0 Å². The van der Waals surface area contributed by atoms with Gasteiger partial charge in [-0.1, -0.05) is 22.0 Å². The Morgan fingerprint density at radius 3 is 2.65 bits per heavy atom. The SMILES string of the molecule is CN(CCBr)S(=O)(=O)c1cccc([N+](=O)[O-])c1. The number of nitrogens with zero attached hydrogens (tertiary/aromatic N) is 2. The first-order valence-electron chi connectivity index (χ1n) is 4.66. The molecule has 0 fully saturated rings. The summed E-state index contributed by atoms with van der Waals surface area (Å²) in [5.41, 5.74) is -0.238. The molecule has 1 aromatic rings. The molecular formula is C9H11BrN2O4S. The van der Waals surface area contributed by atoms with Crippen LogP contribution in [0.5, 0.6) is 0 Å². The zero-order valence-corrected chi connectivity index (χ0v) is 11.4. The first kappa shape index (κ1) is 14.1. The molecule has 1 rings (SSSR count). The van der Waals surface area contributed by atoms with Gasteiger partial charge in [0.25, 0.3) is 5.69 Å².